The highest BCUT2D eigenvalue weighted by Crippen LogP contribution is 2.19. The summed E-state index contributed by atoms with van der Waals surface area (Å²) in [5, 5.41) is 26.8. The van der Waals surface area contributed by atoms with Crippen LogP contribution in [0.1, 0.15) is 20.8 Å². The Balaban J connectivity index is 4.43. The van der Waals surface area contributed by atoms with E-state index >= 15 is 0 Å². The van der Waals surface area contributed by atoms with Crippen LogP contribution in [0.5, 0.6) is 0 Å². The van der Waals surface area contributed by atoms with Crippen LogP contribution in [0.4, 0.5) is 0 Å². The Labute approximate surface area is 60.9 Å². The van der Waals surface area contributed by atoms with E-state index in [9.17, 15) is 5.11 Å². The minimum Gasteiger partial charge on any atom is -0.389 e. The van der Waals surface area contributed by atoms with E-state index in [0.29, 0.717) is 0 Å². The topological polar surface area (TPSA) is 64.2 Å². The molecule has 0 fully saturated rings. The zero-order valence-electron chi connectivity index (χ0n) is 6.50. The summed E-state index contributed by atoms with van der Waals surface area (Å²) in [5.41, 5.74) is -1.60. The fourth-order valence-electron chi connectivity index (χ4n) is 0.705. The zero-order chi connectivity index (χ0) is 8.36. The maximum atomic E-state index is 9.36. The monoisotopic (exact) mass is 143 g/mol. The van der Waals surface area contributed by atoms with Gasteiger partial charge in [0, 0.05) is 0 Å². The van der Waals surface area contributed by atoms with Crippen molar-refractivity contribution in [2.24, 2.45) is 5.92 Å². The standard InChI is InChI=1S/C7H13NO2/c1-5(2)7(10,4-8)6(3)9/h5-6,9-10H,1-3H3. The number of nitriles is 1. The summed E-state index contributed by atoms with van der Waals surface area (Å²) in [6.45, 7) is 4.79. The summed E-state index contributed by atoms with van der Waals surface area (Å²) < 4.78 is 0. The highest BCUT2D eigenvalue weighted by molar-refractivity contribution is 5.05. The van der Waals surface area contributed by atoms with Crippen LogP contribution in [0.2, 0.25) is 0 Å². The largest absolute Gasteiger partial charge is 0.389 e. The second-order valence-electron chi connectivity index (χ2n) is 2.77. The van der Waals surface area contributed by atoms with Crippen molar-refractivity contribution in [2.75, 3.05) is 0 Å². The van der Waals surface area contributed by atoms with Gasteiger partial charge in [0.05, 0.1) is 6.10 Å². The normalized spacial score (nSPS) is 19.7. The van der Waals surface area contributed by atoms with Crippen molar-refractivity contribution >= 4 is 0 Å². The Morgan fingerprint density at radius 1 is 1.40 bits per heavy atom. The van der Waals surface area contributed by atoms with Crippen molar-refractivity contribution in [3.63, 3.8) is 0 Å². The van der Waals surface area contributed by atoms with Crippen molar-refractivity contribution in [3.05, 3.63) is 0 Å². The van der Waals surface area contributed by atoms with E-state index in [1.54, 1.807) is 19.9 Å². The van der Waals surface area contributed by atoms with Crippen molar-refractivity contribution < 1.29 is 10.2 Å². The van der Waals surface area contributed by atoms with Gasteiger partial charge in [0.15, 0.2) is 5.60 Å². The molecular weight excluding hydrogens is 130 g/mol. The smallest absolute Gasteiger partial charge is 0.178 e. The number of hydrogen-bond donors (Lipinski definition) is 2. The molecule has 0 saturated carbocycles. The summed E-state index contributed by atoms with van der Waals surface area (Å²) in [7, 11) is 0. The second-order valence-corrected chi connectivity index (χ2v) is 2.77. The molecule has 0 amide bonds. The van der Waals surface area contributed by atoms with Gasteiger partial charge < -0.3 is 10.2 Å². The Kier molecular flexibility index (Phi) is 2.82. The van der Waals surface area contributed by atoms with Crippen LogP contribution in [0.3, 0.4) is 0 Å². The Hall–Kier alpha value is -0.590. The molecule has 3 nitrogen and oxygen atoms in total. The van der Waals surface area contributed by atoms with Gasteiger partial charge in [-0.1, -0.05) is 13.8 Å². The van der Waals surface area contributed by atoms with E-state index < -0.39 is 11.7 Å². The van der Waals surface area contributed by atoms with Crippen molar-refractivity contribution in [1.82, 2.24) is 0 Å². The Bertz CT molecular complexity index is 138. The molecular formula is C7H13NO2. The highest BCUT2D eigenvalue weighted by atomic mass is 16.3. The third-order valence-corrected chi connectivity index (χ3v) is 1.70. The average molecular weight is 143 g/mol. The van der Waals surface area contributed by atoms with Gasteiger partial charge in [0.2, 0.25) is 0 Å². The number of aliphatic hydroxyl groups is 2. The van der Waals surface area contributed by atoms with Crippen LogP contribution in [0, 0.1) is 17.2 Å². The molecule has 3 heteroatoms. The van der Waals surface area contributed by atoms with Gasteiger partial charge in [-0.15, -0.1) is 0 Å². The predicted molar refractivity (Wildman–Crippen MR) is 37.1 cm³/mol. The van der Waals surface area contributed by atoms with Crippen LogP contribution >= 0.6 is 0 Å². The first-order chi connectivity index (χ1) is 4.45. The van der Waals surface area contributed by atoms with E-state index in [-0.39, 0.29) is 5.92 Å². The summed E-state index contributed by atoms with van der Waals surface area (Å²) in [5.74, 6) is -0.252. The lowest BCUT2D eigenvalue weighted by molar-refractivity contribution is -0.0541. The second kappa shape index (κ2) is 3.00. The zero-order valence-corrected chi connectivity index (χ0v) is 6.50. The molecule has 0 spiro atoms. The third kappa shape index (κ3) is 1.47. The summed E-state index contributed by atoms with van der Waals surface area (Å²) >= 11 is 0. The predicted octanol–water partition coefficient (Wildman–Crippen LogP) is 0.278. The maximum absolute atomic E-state index is 9.36. The van der Waals surface area contributed by atoms with Crippen LogP contribution in [-0.4, -0.2) is 21.9 Å². The summed E-state index contributed by atoms with van der Waals surface area (Å²) in [4.78, 5) is 0. The third-order valence-electron chi connectivity index (χ3n) is 1.70. The Morgan fingerprint density at radius 2 is 1.80 bits per heavy atom. The van der Waals surface area contributed by atoms with Crippen LogP contribution in [-0.2, 0) is 0 Å². The lowest BCUT2D eigenvalue weighted by Crippen LogP contribution is -2.43. The number of aliphatic hydroxyl groups excluding tert-OH is 1. The molecule has 0 rings (SSSR count). The molecule has 0 aliphatic carbocycles. The van der Waals surface area contributed by atoms with Gasteiger partial charge in [-0.2, -0.15) is 5.26 Å². The molecule has 0 aliphatic heterocycles. The number of hydrogen-bond acceptors (Lipinski definition) is 3. The van der Waals surface area contributed by atoms with Gasteiger partial charge in [-0.05, 0) is 12.8 Å². The lowest BCUT2D eigenvalue weighted by atomic mass is 9.87. The van der Waals surface area contributed by atoms with E-state index in [0.717, 1.165) is 0 Å². The number of rotatable bonds is 2. The van der Waals surface area contributed by atoms with Gasteiger partial charge in [-0.3, -0.25) is 0 Å². The minimum absolute atomic E-state index is 0.252. The number of nitrogens with zero attached hydrogens (tertiary/aromatic N) is 1. The fraction of sp³-hybridized carbons (Fsp3) is 0.857. The van der Waals surface area contributed by atoms with Gasteiger partial charge in [0.25, 0.3) is 0 Å². The van der Waals surface area contributed by atoms with Crippen molar-refractivity contribution in [1.29, 1.82) is 5.26 Å². The molecule has 10 heavy (non-hydrogen) atoms. The molecule has 0 aromatic rings. The first kappa shape index (κ1) is 9.41. The van der Waals surface area contributed by atoms with Crippen LogP contribution < -0.4 is 0 Å². The van der Waals surface area contributed by atoms with E-state index in [1.165, 1.54) is 6.92 Å². The van der Waals surface area contributed by atoms with Crippen molar-refractivity contribution in [3.8, 4) is 6.07 Å². The average Bonchev–Trinajstić information content (AvgIpc) is 1.85. The Morgan fingerprint density at radius 3 is 1.80 bits per heavy atom. The van der Waals surface area contributed by atoms with Gasteiger partial charge in [0.1, 0.15) is 6.07 Å². The molecule has 0 aromatic carbocycles. The maximum Gasteiger partial charge on any atom is 0.178 e. The molecule has 2 N–H and O–H groups in total. The van der Waals surface area contributed by atoms with Crippen LogP contribution in [0.25, 0.3) is 0 Å². The molecule has 2 atom stereocenters. The molecule has 0 aliphatic rings. The quantitative estimate of drug-likeness (QED) is 0.545. The molecule has 0 radical (unpaired) electrons. The van der Waals surface area contributed by atoms with Crippen LogP contribution in [0.15, 0.2) is 0 Å². The minimum atomic E-state index is -1.60. The molecule has 2 unspecified atom stereocenters. The molecule has 0 saturated heterocycles. The fourth-order valence-corrected chi connectivity index (χ4v) is 0.705. The molecule has 0 bridgehead atoms. The summed E-state index contributed by atoms with van der Waals surface area (Å²) in [6, 6.07) is 1.68. The molecule has 0 heterocycles. The van der Waals surface area contributed by atoms with Crippen molar-refractivity contribution in [2.45, 2.75) is 32.5 Å². The van der Waals surface area contributed by atoms with Gasteiger partial charge >= 0.3 is 0 Å². The van der Waals surface area contributed by atoms with E-state index in [2.05, 4.69) is 0 Å². The first-order valence-corrected chi connectivity index (χ1v) is 3.26. The van der Waals surface area contributed by atoms with E-state index in [1.807, 2.05) is 0 Å². The molecule has 58 valence electrons. The van der Waals surface area contributed by atoms with Gasteiger partial charge in [-0.25, -0.2) is 0 Å². The SMILES string of the molecule is CC(C)C(O)(C#N)C(C)O. The van der Waals surface area contributed by atoms with E-state index in [4.69, 9.17) is 10.4 Å². The molecule has 0 aromatic heterocycles. The highest BCUT2D eigenvalue weighted by Gasteiger charge is 2.36. The summed E-state index contributed by atoms with van der Waals surface area (Å²) in [6.07, 6.45) is -1.00. The lowest BCUT2D eigenvalue weighted by Gasteiger charge is -2.26. The first-order valence-electron chi connectivity index (χ1n) is 3.26.